The molecule has 0 spiro atoms. The third kappa shape index (κ3) is 2.01. The van der Waals surface area contributed by atoms with E-state index in [-0.39, 0.29) is 0 Å². The quantitative estimate of drug-likeness (QED) is 0.631. The highest BCUT2D eigenvalue weighted by molar-refractivity contribution is 7.17. The Hall–Kier alpha value is -0.820. The van der Waals surface area contributed by atoms with E-state index in [9.17, 15) is 0 Å². The maximum atomic E-state index is 2.39. The van der Waals surface area contributed by atoms with Gasteiger partial charge >= 0.3 is 0 Å². The van der Waals surface area contributed by atoms with Gasteiger partial charge in [-0.05, 0) is 58.7 Å². The molecular weight excluding hydrogens is 224 g/mol. The highest BCUT2D eigenvalue weighted by atomic mass is 32.1. The van der Waals surface area contributed by atoms with E-state index in [1.54, 1.807) is 0 Å². The molecule has 1 heteroatoms. The maximum Gasteiger partial charge on any atom is 0.0380 e. The zero-order chi connectivity index (χ0) is 12.7. The summed E-state index contributed by atoms with van der Waals surface area (Å²) in [7, 11) is 0. The monoisotopic (exact) mass is 246 g/mol. The minimum absolute atomic E-state index is 0.601. The Bertz CT molecular complexity index is 544. The molecule has 0 saturated heterocycles. The van der Waals surface area contributed by atoms with Crippen LogP contribution in [-0.4, -0.2) is 0 Å². The number of benzene rings is 1. The zero-order valence-electron chi connectivity index (χ0n) is 11.7. The van der Waals surface area contributed by atoms with E-state index in [0.29, 0.717) is 11.8 Å². The van der Waals surface area contributed by atoms with Crippen LogP contribution in [0.1, 0.15) is 61.8 Å². The van der Waals surface area contributed by atoms with Crippen molar-refractivity contribution in [3.05, 3.63) is 33.7 Å². The summed E-state index contributed by atoms with van der Waals surface area (Å²) < 4.78 is 1.50. The summed E-state index contributed by atoms with van der Waals surface area (Å²) in [6.45, 7) is 13.7. The van der Waals surface area contributed by atoms with E-state index in [1.165, 1.54) is 32.3 Å². The Morgan fingerprint density at radius 1 is 0.941 bits per heavy atom. The van der Waals surface area contributed by atoms with Crippen LogP contribution in [0.25, 0.3) is 10.1 Å². The second-order valence-corrected chi connectivity index (χ2v) is 6.49. The van der Waals surface area contributed by atoms with Gasteiger partial charge in [-0.25, -0.2) is 0 Å². The smallest absolute Gasteiger partial charge is 0.0380 e. The molecule has 0 amide bonds. The lowest BCUT2D eigenvalue weighted by atomic mass is 9.90. The summed E-state index contributed by atoms with van der Waals surface area (Å²) in [4.78, 5) is 0. The zero-order valence-corrected chi connectivity index (χ0v) is 12.5. The van der Waals surface area contributed by atoms with Crippen LogP contribution in [0.15, 0.2) is 11.4 Å². The molecule has 0 bridgehead atoms. The average Bonchev–Trinajstić information content (AvgIpc) is 2.67. The summed E-state index contributed by atoms with van der Waals surface area (Å²) >= 11 is 1.91. The van der Waals surface area contributed by atoms with Gasteiger partial charge in [0.1, 0.15) is 0 Å². The molecule has 2 rings (SSSR count). The predicted molar refractivity (Wildman–Crippen MR) is 79.5 cm³/mol. The summed E-state index contributed by atoms with van der Waals surface area (Å²) in [5.74, 6) is 1.22. The predicted octanol–water partition coefficient (Wildman–Crippen LogP) is 5.76. The van der Waals surface area contributed by atoms with Crippen molar-refractivity contribution < 1.29 is 0 Å². The van der Waals surface area contributed by atoms with Crippen molar-refractivity contribution in [1.29, 1.82) is 0 Å². The Morgan fingerprint density at radius 3 is 2.06 bits per heavy atom. The molecule has 0 nitrogen and oxygen atoms in total. The van der Waals surface area contributed by atoms with E-state index in [2.05, 4.69) is 53.0 Å². The van der Waals surface area contributed by atoms with Crippen molar-refractivity contribution >= 4 is 21.4 Å². The number of hydrogen-bond acceptors (Lipinski definition) is 1. The minimum Gasteiger partial charge on any atom is -0.143 e. The molecule has 0 aliphatic heterocycles. The Balaban J connectivity index is 2.88. The van der Waals surface area contributed by atoms with Crippen molar-refractivity contribution in [2.75, 3.05) is 0 Å². The van der Waals surface area contributed by atoms with Gasteiger partial charge in [-0.2, -0.15) is 0 Å². The molecule has 17 heavy (non-hydrogen) atoms. The van der Waals surface area contributed by atoms with Gasteiger partial charge in [0.15, 0.2) is 0 Å². The summed E-state index contributed by atoms with van der Waals surface area (Å²) in [5.41, 5.74) is 5.93. The first-order valence-corrected chi connectivity index (χ1v) is 7.32. The summed E-state index contributed by atoms with van der Waals surface area (Å²) in [5, 5.41) is 3.89. The summed E-state index contributed by atoms with van der Waals surface area (Å²) in [6.07, 6.45) is 0. The van der Waals surface area contributed by atoms with Gasteiger partial charge < -0.3 is 0 Å². The van der Waals surface area contributed by atoms with Crippen LogP contribution in [0.4, 0.5) is 0 Å². The van der Waals surface area contributed by atoms with Crippen LogP contribution in [-0.2, 0) is 0 Å². The Labute approximate surface area is 109 Å². The molecule has 0 aliphatic carbocycles. The van der Waals surface area contributed by atoms with Gasteiger partial charge in [0.2, 0.25) is 0 Å². The van der Waals surface area contributed by atoms with Gasteiger partial charge in [-0.1, -0.05) is 33.8 Å². The molecule has 0 aliphatic rings. The number of aryl methyl sites for hydroxylation is 2. The van der Waals surface area contributed by atoms with Crippen LogP contribution < -0.4 is 0 Å². The molecule has 0 unspecified atom stereocenters. The highest BCUT2D eigenvalue weighted by Crippen LogP contribution is 2.39. The van der Waals surface area contributed by atoms with E-state index >= 15 is 0 Å². The Kier molecular flexibility index (Phi) is 3.31. The topological polar surface area (TPSA) is 0 Å². The van der Waals surface area contributed by atoms with E-state index in [4.69, 9.17) is 0 Å². The fourth-order valence-corrected chi connectivity index (χ4v) is 3.74. The first-order valence-electron chi connectivity index (χ1n) is 6.44. The van der Waals surface area contributed by atoms with Crippen LogP contribution >= 0.6 is 11.3 Å². The summed E-state index contributed by atoms with van der Waals surface area (Å²) in [6, 6.07) is 2.39. The number of hydrogen-bond donors (Lipinski definition) is 0. The third-order valence-electron chi connectivity index (χ3n) is 3.66. The normalized spacial score (nSPS) is 12.0. The first kappa shape index (κ1) is 12.6. The number of rotatable bonds is 2. The van der Waals surface area contributed by atoms with E-state index in [0.717, 1.165) is 0 Å². The van der Waals surface area contributed by atoms with Crippen molar-refractivity contribution in [2.24, 2.45) is 0 Å². The lowest BCUT2D eigenvalue weighted by Crippen LogP contribution is -1.95. The van der Waals surface area contributed by atoms with E-state index in [1.807, 2.05) is 11.3 Å². The fourth-order valence-electron chi connectivity index (χ4n) is 2.42. The lowest BCUT2D eigenvalue weighted by molar-refractivity contribution is 0.855. The van der Waals surface area contributed by atoms with Crippen molar-refractivity contribution in [3.8, 4) is 0 Å². The van der Waals surface area contributed by atoms with Gasteiger partial charge in [0.25, 0.3) is 0 Å². The molecule has 0 N–H and O–H groups in total. The second kappa shape index (κ2) is 4.45. The molecule has 0 saturated carbocycles. The molecule has 1 aromatic heterocycles. The molecule has 0 atom stereocenters. The van der Waals surface area contributed by atoms with Gasteiger partial charge in [0, 0.05) is 4.70 Å². The molecule has 0 fully saturated rings. The van der Waals surface area contributed by atoms with Crippen LogP contribution in [0.2, 0.25) is 0 Å². The lowest BCUT2D eigenvalue weighted by Gasteiger charge is -2.14. The minimum atomic E-state index is 0.601. The van der Waals surface area contributed by atoms with Crippen LogP contribution in [0, 0.1) is 13.8 Å². The molecule has 1 heterocycles. The SMILES string of the molecule is Cc1cc(C(C)C)c2c(C(C)C)csc2c1C. The first-order chi connectivity index (χ1) is 7.93. The third-order valence-corrected chi connectivity index (χ3v) is 4.77. The standard InChI is InChI=1S/C16H22S/c1-9(2)13-7-11(5)12(6)16-15(13)14(8-17-16)10(3)4/h7-10H,1-6H3. The second-order valence-electron chi connectivity index (χ2n) is 5.61. The fraction of sp³-hybridized carbons (Fsp3) is 0.500. The van der Waals surface area contributed by atoms with E-state index < -0.39 is 0 Å². The average molecular weight is 246 g/mol. The van der Waals surface area contributed by atoms with Gasteiger partial charge in [-0.15, -0.1) is 11.3 Å². The molecule has 1 aromatic carbocycles. The molecule has 2 aromatic rings. The number of thiophene rings is 1. The van der Waals surface area contributed by atoms with Gasteiger partial charge in [-0.3, -0.25) is 0 Å². The van der Waals surface area contributed by atoms with Gasteiger partial charge in [0.05, 0.1) is 0 Å². The van der Waals surface area contributed by atoms with Crippen LogP contribution in [0.3, 0.4) is 0 Å². The molecule has 0 radical (unpaired) electrons. The molecule has 92 valence electrons. The Morgan fingerprint density at radius 2 is 1.53 bits per heavy atom. The highest BCUT2D eigenvalue weighted by Gasteiger charge is 2.16. The van der Waals surface area contributed by atoms with Crippen molar-refractivity contribution in [1.82, 2.24) is 0 Å². The largest absolute Gasteiger partial charge is 0.143 e. The van der Waals surface area contributed by atoms with Crippen molar-refractivity contribution in [2.45, 2.75) is 53.4 Å². The number of fused-ring (bicyclic) bond motifs is 1. The maximum absolute atomic E-state index is 2.39. The molecular formula is C16H22S. The van der Waals surface area contributed by atoms with Crippen molar-refractivity contribution in [3.63, 3.8) is 0 Å². The van der Waals surface area contributed by atoms with Crippen LogP contribution in [0.5, 0.6) is 0 Å².